The predicted molar refractivity (Wildman–Crippen MR) is 51.9 cm³/mol. The lowest BCUT2D eigenvalue weighted by Crippen LogP contribution is -2.02. The standard InChI is InChI=1S/C6H5Br3O/c7-6(8,9)4-5-2-1-3-10-5/h1-3H,4H2. The molecule has 0 aliphatic rings. The van der Waals surface area contributed by atoms with E-state index in [-0.39, 0.29) is 2.14 Å². The van der Waals surface area contributed by atoms with Crippen molar-refractivity contribution in [1.82, 2.24) is 0 Å². The molecule has 0 aliphatic carbocycles. The summed E-state index contributed by atoms with van der Waals surface area (Å²) in [4.78, 5) is 0. The molecule has 0 fully saturated rings. The number of furan rings is 1. The minimum Gasteiger partial charge on any atom is -0.469 e. The highest BCUT2D eigenvalue weighted by Crippen LogP contribution is 2.36. The monoisotopic (exact) mass is 330 g/mol. The second kappa shape index (κ2) is 3.41. The molecule has 4 heteroatoms. The van der Waals surface area contributed by atoms with Gasteiger partial charge in [-0.2, -0.15) is 0 Å². The molecule has 1 heterocycles. The van der Waals surface area contributed by atoms with Gasteiger partial charge in [0, 0.05) is 6.42 Å². The number of rotatable bonds is 1. The van der Waals surface area contributed by atoms with Crippen LogP contribution in [0.15, 0.2) is 22.8 Å². The molecular formula is C6H5Br3O. The molecule has 0 aromatic carbocycles. The Morgan fingerprint density at radius 2 is 2.10 bits per heavy atom. The van der Waals surface area contributed by atoms with Crippen LogP contribution in [0.5, 0.6) is 0 Å². The number of halogens is 3. The van der Waals surface area contributed by atoms with Crippen LogP contribution in [0.4, 0.5) is 0 Å². The summed E-state index contributed by atoms with van der Waals surface area (Å²) in [5.41, 5.74) is 0. The SMILES string of the molecule is BrC(Br)(Br)Cc1ccco1. The van der Waals surface area contributed by atoms with Gasteiger partial charge in [0.25, 0.3) is 0 Å². The van der Waals surface area contributed by atoms with Gasteiger partial charge in [-0.3, -0.25) is 0 Å². The average Bonchev–Trinajstić information content (AvgIpc) is 2.12. The zero-order valence-corrected chi connectivity index (χ0v) is 9.74. The fraction of sp³-hybridized carbons (Fsp3) is 0.333. The summed E-state index contributed by atoms with van der Waals surface area (Å²) >= 11 is 10.1. The Bertz CT molecular complexity index is 187. The lowest BCUT2D eigenvalue weighted by Gasteiger charge is -2.08. The van der Waals surface area contributed by atoms with Gasteiger partial charge >= 0.3 is 0 Å². The zero-order valence-electron chi connectivity index (χ0n) is 4.98. The molecule has 1 nitrogen and oxygen atoms in total. The van der Waals surface area contributed by atoms with Crippen molar-refractivity contribution in [1.29, 1.82) is 0 Å². The first-order valence-corrected chi connectivity index (χ1v) is 5.05. The summed E-state index contributed by atoms with van der Waals surface area (Å²) in [7, 11) is 0. The molecule has 0 saturated heterocycles. The van der Waals surface area contributed by atoms with Crippen LogP contribution in [-0.2, 0) is 6.42 Å². The van der Waals surface area contributed by atoms with Crippen molar-refractivity contribution >= 4 is 47.8 Å². The van der Waals surface area contributed by atoms with Gasteiger partial charge in [-0.1, -0.05) is 47.8 Å². The fourth-order valence-corrected chi connectivity index (χ4v) is 1.44. The molecule has 0 atom stereocenters. The van der Waals surface area contributed by atoms with Crippen molar-refractivity contribution in [3.63, 3.8) is 0 Å². The molecule has 10 heavy (non-hydrogen) atoms. The Balaban J connectivity index is 2.57. The Kier molecular flexibility index (Phi) is 3.01. The summed E-state index contributed by atoms with van der Waals surface area (Å²) in [6, 6.07) is 3.80. The van der Waals surface area contributed by atoms with Crippen molar-refractivity contribution in [2.75, 3.05) is 0 Å². The number of alkyl halides is 3. The molecule has 0 radical (unpaired) electrons. The highest BCUT2D eigenvalue weighted by atomic mass is 80.0. The maximum absolute atomic E-state index is 5.12. The Hall–Kier alpha value is 0.720. The summed E-state index contributed by atoms with van der Waals surface area (Å²) in [6.07, 6.45) is 2.42. The van der Waals surface area contributed by atoms with Crippen molar-refractivity contribution in [2.45, 2.75) is 8.56 Å². The van der Waals surface area contributed by atoms with Gasteiger partial charge in [-0.05, 0) is 12.1 Å². The quantitative estimate of drug-likeness (QED) is 0.715. The van der Waals surface area contributed by atoms with Crippen molar-refractivity contribution in [2.24, 2.45) is 0 Å². The summed E-state index contributed by atoms with van der Waals surface area (Å²) in [6.45, 7) is 0. The fourth-order valence-electron chi connectivity index (χ4n) is 0.611. The van der Waals surface area contributed by atoms with Crippen LogP contribution in [-0.4, -0.2) is 2.14 Å². The normalized spacial score (nSPS) is 11.9. The third kappa shape index (κ3) is 3.21. The number of hydrogen-bond donors (Lipinski definition) is 0. The van der Waals surface area contributed by atoms with Crippen molar-refractivity contribution in [3.05, 3.63) is 24.2 Å². The van der Waals surface area contributed by atoms with E-state index in [9.17, 15) is 0 Å². The molecule has 0 bridgehead atoms. The van der Waals surface area contributed by atoms with Gasteiger partial charge in [0.05, 0.1) is 6.26 Å². The second-order valence-corrected chi connectivity index (χ2v) is 9.12. The maximum Gasteiger partial charge on any atom is 0.142 e. The molecule has 1 aromatic rings. The molecule has 1 rings (SSSR count). The van der Waals surface area contributed by atoms with Crippen molar-refractivity contribution in [3.8, 4) is 0 Å². The lowest BCUT2D eigenvalue weighted by atomic mass is 10.4. The van der Waals surface area contributed by atoms with Gasteiger partial charge < -0.3 is 4.42 Å². The molecular weight excluding hydrogens is 328 g/mol. The Morgan fingerprint density at radius 1 is 1.40 bits per heavy atom. The maximum atomic E-state index is 5.12. The van der Waals surface area contributed by atoms with E-state index in [1.807, 2.05) is 12.1 Å². The van der Waals surface area contributed by atoms with E-state index in [1.54, 1.807) is 6.26 Å². The van der Waals surface area contributed by atoms with E-state index in [4.69, 9.17) is 4.42 Å². The molecule has 0 spiro atoms. The second-order valence-electron chi connectivity index (χ2n) is 1.87. The van der Waals surface area contributed by atoms with E-state index < -0.39 is 0 Å². The average molecular weight is 333 g/mol. The molecule has 0 amide bonds. The summed E-state index contributed by atoms with van der Waals surface area (Å²) in [5.74, 6) is 0.936. The van der Waals surface area contributed by atoms with Crippen LogP contribution in [0.2, 0.25) is 0 Å². The predicted octanol–water partition coefficient (Wildman–Crippen LogP) is 3.66. The first-order valence-electron chi connectivity index (χ1n) is 2.67. The number of hydrogen-bond acceptors (Lipinski definition) is 1. The Labute approximate surface area is 84.6 Å². The molecule has 1 aromatic heterocycles. The van der Waals surface area contributed by atoms with Crippen LogP contribution in [0.1, 0.15) is 5.76 Å². The third-order valence-corrected chi connectivity index (χ3v) is 1.80. The minimum atomic E-state index is -0.231. The van der Waals surface area contributed by atoms with Gasteiger partial charge in [0.2, 0.25) is 0 Å². The van der Waals surface area contributed by atoms with Crippen LogP contribution in [0, 0.1) is 0 Å². The highest BCUT2D eigenvalue weighted by molar-refractivity contribution is 9.39. The van der Waals surface area contributed by atoms with Gasteiger partial charge in [-0.15, -0.1) is 0 Å². The van der Waals surface area contributed by atoms with E-state index in [0.29, 0.717) is 0 Å². The summed E-state index contributed by atoms with van der Waals surface area (Å²) < 4.78 is 4.89. The van der Waals surface area contributed by atoms with E-state index in [0.717, 1.165) is 12.2 Å². The molecule has 0 N–H and O–H groups in total. The third-order valence-electron chi connectivity index (χ3n) is 0.955. The lowest BCUT2D eigenvalue weighted by molar-refractivity contribution is 0.514. The topological polar surface area (TPSA) is 13.1 Å². The minimum absolute atomic E-state index is 0.231. The van der Waals surface area contributed by atoms with Gasteiger partial charge in [0.15, 0.2) is 0 Å². The van der Waals surface area contributed by atoms with Gasteiger partial charge in [-0.25, -0.2) is 0 Å². The molecule has 56 valence electrons. The van der Waals surface area contributed by atoms with Crippen LogP contribution in [0.3, 0.4) is 0 Å². The largest absolute Gasteiger partial charge is 0.469 e. The van der Waals surface area contributed by atoms with Crippen LogP contribution in [0.25, 0.3) is 0 Å². The van der Waals surface area contributed by atoms with E-state index in [1.165, 1.54) is 0 Å². The zero-order chi connectivity index (χ0) is 7.61. The van der Waals surface area contributed by atoms with Crippen molar-refractivity contribution < 1.29 is 4.42 Å². The van der Waals surface area contributed by atoms with Gasteiger partial charge in [0.1, 0.15) is 7.90 Å². The molecule has 0 aliphatic heterocycles. The van der Waals surface area contributed by atoms with Crippen LogP contribution >= 0.6 is 47.8 Å². The van der Waals surface area contributed by atoms with E-state index in [2.05, 4.69) is 47.8 Å². The first kappa shape index (κ1) is 8.81. The first-order chi connectivity index (χ1) is 4.58. The molecule has 0 unspecified atom stereocenters. The highest BCUT2D eigenvalue weighted by Gasteiger charge is 2.19. The summed E-state index contributed by atoms with van der Waals surface area (Å²) in [5, 5.41) is 0. The van der Waals surface area contributed by atoms with Crippen LogP contribution < -0.4 is 0 Å². The smallest absolute Gasteiger partial charge is 0.142 e. The van der Waals surface area contributed by atoms with E-state index >= 15 is 0 Å². The molecule has 0 saturated carbocycles. The Morgan fingerprint density at radius 3 is 2.50 bits per heavy atom.